The molecule has 0 spiro atoms. The van der Waals surface area contributed by atoms with E-state index in [9.17, 15) is 14.4 Å². The highest BCUT2D eigenvalue weighted by atomic mass is 35.5. The minimum atomic E-state index is -0.514. The fourth-order valence-electron chi connectivity index (χ4n) is 3.03. The monoisotopic (exact) mass is 386 g/mol. The fraction of sp³-hybridized carbons (Fsp3) is 0.250. The summed E-state index contributed by atoms with van der Waals surface area (Å²) in [4.78, 5) is 36.1. The van der Waals surface area contributed by atoms with Crippen molar-refractivity contribution in [1.82, 2.24) is 0 Å². The number of amides is 2. The van der Waals surface area contributed by atoms with E-state index in [4.69, 9.17) is 11.6 Å². The number of esters is 1. The maximum absolute atomic E-state index is 12.3. The van der Waals surface area contributed by atoms with E-state index in [1.54, 1.807) is 0 Å². The zero-order valence-electron chi connectivity index (χ0n) is 14.8. The molecule has 0 saturated carbocycles. The highest BCUT2D eigenvalue weighted by Crippen LogP contribution is 2.28. The van der Waals surface area contributed by atoms with E-state index in [-0.39, 0.29) is 24.2 Å². The van der Waals surface area contributed by atoms with Gasteiger partial charge in [-0.05, 0) is 42.7 Å². The Bertz CT molecular complexity index is 897. The first-order valence-electron chi connectivity index (χ1n) is 8.54. The second kappa shape index (κ2) is 8.22. The van der Waals surface area contributed by atoms with Crippen LogP contribution in [0.1, 0.15) is 28.8 Å². The molecule has 3 rings (SSSR count). The maximum atomic E-state index is 12.3. The number of hydrogen-bond donors (Lipinski definition) is 2. The van der Waals surface area contributed by atoms with Gasteiger partial charge < -0.3 is 15.4 Å². The molecular weight excluding hydrogens is 368 g/mol. The van der Waals surface area contributed by atoms with Crippen LogP contribution in [0.2, 0.25) is 5.02 Å². The Labute approximate surface area is 161 Å². The molecule has 0 bridgehead atoms. The molecule has 0 radical (unpaired) electrons. The number of carbonyl (C=O) groups is 3. The summed E-state index contributed by atoms with van der Waals surface area (Å²) in [6.45, 7) is 0. The number of anilines is 2. The van der Waals surface area contributed by atoms with Crippen LogP contribution in [0.5, 0.6) is 0 Å². The average Bonchev–Trinajstić information content (AvgIpc) is 2.67. The van der Waals surface area contributed by atoms with Gasteiger partial charge in [0.15, 0.2) is 0 Å². The molecule has 2 amide bonds. The van der Waals surface area contributed by atoms with Crippen molar-refractivity contribution in [3.8, 4) is 0 Å². The van der Waals surface area contributed by atoms with Crippen molar-refractivity contribution >= 4 is 40.8 Å². The van der Waals surface area contributed by atoms with Crippen LogP contribution in [-0.2, 0) is 20.7 Å². The summed E-state index contributed by atoms with van der Waals surface area (Å²) in [7, 11) is 1.28. The minimum absolute atomic E-state index is 0.0766. The molecule has 1 atom stereocenters. The SMILES string of the molecule is COC(=O)c1ccc(Cl)c(NC(=O)CCC2Cc3ccccc3NC2=O)c1. The van der Waals surface area contributed by atoms with Crippen molar-refractivity contribution in [3.63, 3.8) is 0 Å². The van der Waals surface area contributed by atoms with Gasteiger partial charge in [0, 0.05) is 18.0 Å². The van der Waals surface area contributed by atoms with Crippen molar-refractivity contribution in [2.24, 2.45) is 5.92 Å². The molecule has 1 aliphatic rings. The molecule has 0 saturated heterocycles. The lowest BCUT2D eigenvalue weighted by Gasteiger charge is -2.24. The standard InChI is InChI=1S/C20H19ClN2O4/c1-27-20(26)14-6-8-15(21)17(11-14)22-18(24)9-7-13-10-12-4-2-3-5-16(12)23-19(13)25/h2-6,8,11,13H,7,9-10H2,1H3,(H,22,24)(H,23,25). The smallest absolute Gasteiger partial charge is 0.337 e. The van der Waals surface area contributed by atoms with Gasteiger partial charge in [-0.2, -0.15) is 0 Å². The zero-order chi connectivity index (χ0) is 19.4. The van der Waals surface area contributed by atoms with Gasteiger partial charge in [-0.15, -0.1) is 0 Å². The van der Waals surface area contributed by atoms with Crippen molar-refractivity contribution < 1.29 is 19.1 Å². The van der Waals surface area contributed by atoms with Crippen molar-refractivity contribution in [2.45, 2.75) is 19.3 Å². The summed E-state index contributed by atoms with van der Waals surface area (Å²) < 4.78 is 4.66. The minimum Gasteiger partial charge on any atom is -0.465 e. The normalized spacial score (nSPS) is 15.5. The van der Waals surface area contributed by atoms with Gasteiger partial charge in [-0.25, -0.2) is 4.79 Å². The van der Waals surface area contributed by atoms with E-state index >= 15 is 0 Å². The average molecular weight is 387 g/mol. The molecule has 1 unspecified atom stereocenters. The molecular formula is C20H19ClN2O4. The molecule has 7 heteroatoms. The zero-order valence-corrected chi connectivity index (χ0v) is 15.5. The molecule has 140 valence electrons. The topological polar surface area (TPSA) is 84.5 Å². The van der Waals surface area contributed by atoms with E-state index < -0.39 is 5.97 Å². The van der Waals surface area contributed by atoms with Crippen LogP contribution < -0.4 is 10.6 Å². The van der Waals surface area contributed by atoms with E-state index in [1.165, 1.54) is 25.3 Å². The number of rotatable bonds is 5. The predicted octanol–water partition coefficient (Wildman–Crippen LogP) is 3.66. The Morgan fingerprint density at radius 3 is 2.81 bits per heavy atom. The van der Waals surface area contributed by atoms with Gasteiger partial charge in [0.1, 0.15) is 0 Å². The number of ether oxygens (including phenoxy) is 1. The highest BCUT2D eigenvalue weighted by molar-refractivity contribution is 6.33. The molecule has 27 heavy (non-hydrogen) atoms. The summed E-state index contributed by atoms with van der Waals surface area (Å²) in [5, 5.41) is 5.89. The molecule has 6 nitrogen and oxygen atoms in total. The molecule has 0 aliphatic carbocycles. The maximum Gasteiger partial charge on any atom is 0.337 e. The second-order valence-electron chi connectivity index (χ2n) is 6.32. The third-order valence-electron chi connectivity index (χ3n) is 4.49. The van der Waals surface area contributed by atoms with E-state index in [2.05, 4.69) is 15.4 Å². The van der Waals surface area contributed by atoms with Gasteiger partial charge in [-0.1, -0.05) is 29.8 Å². The first-order valence-corrected chi connectivity index (χ1v) is 8.92. The molecule has 0 aromatic heterocycles. The number of para-hydroxylation sites is 1. The highest BCUT2D eigenvalue weighted by Gasteiger charge is 2.26. The Morgan fingerprint density at radius 1 is 1.26 bits per heavy atom. The number of nitrogens with one attached hydrogen (secondary N) is 2. The molecule has 0 fully saturated rings. The molecule has 1 heterocycles. The van der Waals surface area contributed by atoms with Gasteiger partial charge >= 0.3 is 5.97 Å². The summed E-state index contributed by atoms with van der Waals surface area (Å²) in [6.07, 6.45) is 1.19. The van der Waals surface area contributed by atoms with Gasteiger partial charge in [0.2, 0.25) is 11.8 Å². The van der Waals surface area contributed by atoms with Crippen LogP contribution in [0.3, 0.4) is 0 Å². The summed E-state index contributed by atoms with van der Waals surface area (Å²) in [6, 6.07) is 12.2. The lowest BCUT2D eigenvalue weighted by molar-refractivity contribution is -0.121. The van der Waals surface area contributed by atoms with Crippen molar-refractivity contribution in [1.29, 1.82) is 0 Å². The largest absolute Gasteiger partial charge is 0.465 e. The van der Waals surface area contributed by atoms with Gasteiger partial charge in [-0.3, -0.25) is 9.59 Å². The third kappa shape index (κ3) is 4.46. The number of benzene rings is 2. The second-order valence-corrected chi connectivity index (χ2v) is 6.73. The van der Waals surface area contributed by atoms with E-state index in [0.29, 0.717) is 29.1 Å². The number of fused-ring (bicyclic) bond motifs is 1. The first kappa shape index (κ1) is 18.9. The lowest BCUT2D eigenvalue weighted by Crippen LogP contribution is -2.30. The molecule has 1 aliphatic heterocycles. The van der Waals surface area contributed by atoms with E-state index in [0.717, 1.165) is 11.3 Å². The van der Waals surface area contributed by atoms with Crippen LogP contribution in [-0.4, -0.2) is 24.9 Å². The Balaban J connectivity index is 1.60. The number of halogens is 1. The van der Waals surface area contributed by atoms with Gasteiger partial charge in [0.25, 0.3) is 0 Å². The van der Waals surface area contributed by atoms with Crippen LogP contribution >= 0.6 is 11.6 Å². The van der Waals surface area contributed by atoms with Crippen LogP contribution in [0, 0.1) is 5.92 Å². The number of hydrogen-bond acceptors (Lipinski definition) is 4. The molecule has 2 aromatic rings. The number of carbonyl (C=O) groups excluding carboxylic acids is 3. The first-order chi connectivity index (χ1) is 13.0. The Kier molecular flexibility index (Phi) is 5.76. The van der Waals surface area contributed by atoms with E-state index in [1.807, 2.05) is 24.3 Å². The fourth-order valence-corrected chi connectivity index (χ4v) is 3.20. The van der Waals surface area contributed by atoms with Crippen LogP contribution in [0.15, 0.2) is 42.5 Å². The molecule has 2 N–H and O–H groups in total. The Morgan fingerprint density at radius 2 is 2.04 bits per heavy atom. The predicted molar refractivity (Wildman–Crippen MR) is 103 cm³/mol. The lowest BCUT2D eigenvalue weighted by atomic mass is 9.89. The van der Waals surface area contributed by atoms with Crippen LogP contribution in [0.25, 0.3) is 0 Å². The molecule has 2 aromatic carbocycles. The quantitative estimate of drug-likeness (QED) is 0.768. The third-order valence-corrected chi connectivity index (χ3v) is 4.82. The number of methoxy groups -OCH3 is 1. The van der Waals surface area contributed by atoms with Crippen molar-refractivity contribution in [2.75, 3.05) is 17.7 Å². The van der Waals surface area contributed by atoms with Crippen LogP contribution in [0.4, 0.5) is 11.4 Å². The van der Waals surface area contributed by atoms with Crippen molar-refractivity contribution in [3.05, 3.63) is 58.6 Å². The summed E-state index contributed by atoms with van der Waals surface area (Å²) in [5.74, 6) is -1.12. The van der Waals surface area contributed by atoms with Gasteiger partial charge in [0.05, 0.1) is 23.4 Å². The summed E-state index contributed by atoms with van der Waals surface area (Å²) >= 11 is 6.09. The summed E-state index contributed by atoms with van der Waals surface area (Å²) in [5.41, 5.74) is 2.52. The Hall–Kier alpha value is -2.86.